The van der Waals surface area contributed by atoms with Gasteiger partial charge in [-0.25, -0.2) is 0 Å². The average molecular weight is 300 g/mol. The second kappa shape index (κ2) is 7.13. The summed E-state index contributed by atoms with van der Waals surface area (Å²) in [6.45, 7) is 0. The normalized spacial score (nSPS) is 11.0. The van der Waals surface area contributed by atoms with Crippen molar-refractivity contribution in [2.45, 2.75) is 0 Å². The van der Waals surface area contributed by atoms with Gasteiger partial charge < -0.3 is 0 Å². The standard InChI is InChI=1S/C6H6O4Se2/c7-5(8)1-3-11-12-4-2-6(9)10/h1-4H,(H,7,8)(H,9,10). The Kier molecular flexibility index (Phi) is 6.81. The van der Waals surface area contributed by atoms with Gasteiger partial charge in [0.1, 0.15) is 0 Å². The van der Waals surface area contributed by atoms with Gasteiger partial charge in [-0.3, -0.25) is 0 Å². The molecule has 0 amide bonds. The fourth-order valence-corrected chi connectivity index (χ4v) is 3.84. The molecular weight excluding hydrogens is 294 g/mol. The Labute approximate surface area is 80.2 Å². The molecule has 6 heteroatoms. The van der Waals surface area contributed by atoms with Crippen LogP contribution in [0.25, 0.3) is 0 Å². The summed E-state index contributed by atoms with van der Waals surface area (Å²) in [5, 5.41) is 16.4. The van der Waals surface area contributed by atoms with Crippen LogP contribution in [0.5, 0.6) is 0 Å². The number of aliphatic carboxylic acids is 2. The van der Waals surface area contributed by atoms with Crippen LogP contribution in [0.4, 0.5) is 0 Å². The van der Waals surface area contributed by atoms with E-state index in [0.717, 1.165) is 12.2 Å². The first-order chi connectivity index (χ1) is 5.63. The summed E-state index contributed by atoms with van der Waals surface area (Å²) in [6.07, 6.45) is 2.16. The van der Waals surface area contributed by atoms with E-state index in [4.69, 9.17) is 10.2 Å². The monoisotopic (exact) mass is 302 g/mol. The summed E-state index contributed by atoms with van der Waals surface area (Å²) in [5.41, 5.74) is 0. The summed E-state index contributed by atoms with van der Waals surface area (Å²) < 4.78 is 0. The predicted octanol–water partition coefficient (Wildman–Crippen LogP) is -0.494. The van der Waals surface area contributed by atoms with E-state index in [1.165, 1.54) is 0 Å². The number of carboxylic acid groups (broad SMARTS) is 2. The van der Waals surface area contributed by atoms with Gasteiger partial charge in [0, 0.05) is 0 Å². The van der Waals surface area contributed by atoms with Crippen LogP contribution < -0.4 is 0 Å². The van der Waals surface area contributed by atoms with E-state index < -0.39 is 11.9 Å². The molecule has 0 saturated carbocycles. The Morgan fingerprint density at radius 3 is 1.50 bits per heavy atom. The van der Waals surface area contributed by atoms with Gasteiger partial charge in [-0.2, -0.15) is 0 Å². The third-order valence-electron chi connectivity index (χ3n) is 0.588. The van der Waals surface area contributed by atoms with Crippen molar-refractivity contribution in [2.24, 2.45) is 0 Å². The molecule has 0 spiro atoms. The SMILES string of the molecule is O=C(O)C=C[Se][Se]C=CC(=O)O. The van der Waals surface area contributed by atoms with Crippen molar-refractivity contribution in [2.75, 3.05) is 0 Å². The molecule has 12 heavy (non-hydrogen) atoms. The Morgan fingerprint density at radius 2 is 1.25 bits per heavy atom. The van der Waals surface area contributed by atoms with Crippen molar-refractivity contribution in [3.8, 4) is 0 Å². The molecule has 66 valence electrons. The third kappa shape index (κ3) is 9.46. The molecule has 0 rings (SSSR count). The molecule has 0 saturated heterocycles. The first-order valence-electron chi connectivity index (χ1n) is 2.74. The Hall–Kier alpha value is -0.541. The van der Waals surface area contributed by atoms with Gasteiger partial charge in [-0.05, 0) is 0 Å². The minimum atomic E-state index is -0.963. The molecule has 2 N–H and O–H groups in total. The van der Waals surface area contributed by atoms with Gasteiger partial charge in [0.2, 0.25) is 0 Å². The first kappa shape index (κ1) is 11.5. The van der Waals surface area contributed by atoms with Crippen molar-refractivity contribution in [3.63, 3.8) is 0 Å². The van der Waals surface area contributed by atoms with Crippen LogP contribution >= 0.6 is 0 Å². The average Bonchev–Trinajstić information content (AvgIpc) is 1.95. The van der Waals surface area contributed by atoms with E-state index in [2.05, 4.69) is 0 Å². The molecule has 0 aliphatic rings. The molecule has 0 aliphatic heterocycles. The quantitative estimate of drug-likeness (QED) is 0.408. The number of carboxylic acids is 2. The summed E-state index contributed by atoms with van der Waals surface area (Å²) in [6, 6.07) is 0. The van der Waals surface area contributed by atoms with Crippen LogP contribution in [0.3, 0.4) is 0 Å². The van der Waals surface area contributed by atoms with E-state index in [1.54, 1.807) is 9.95 Å². The molecule has 0 atom stereocenters. The maximum absolute atomic E-state index is 9.96. The fraction of sp³-hybridized carbons (Fsp3) is 0. The molecular formula is C6H6O4Se2. The fourth-order valence-electron chi connectivity index (χ4n) is 0.236. The van der Waals surface area contributed by atoms with Gasteiger partial charge in [0.05, 0.1) is 0 Å². The number of hydrogen-bond donors (Lipinski definition) is 2. The third-order valence-corrected chi connectivity index (χ3v) is 5.49. The van der Waals surface area contributed by atoms with E-state index >= 15 is 0 Å². The molecule has 0 fully saturated rings. The van der Waals surface area contributed by atoms with Crippen LogP contribution in [0, 0.1) is 0 Å². The van der Waals surface area contributed by atoms with Crippen LogP contribution in [-0.4, -0.2) is 48.4 Å². The zero-order chi connectivity index (χ0) is 9.40. The van der Waals surface area contributed by atoms with Gasteiger partial charge in [-0.15, -0.1) is 0 Å². The molecule has 0 aromatic rings. The minimum absolute atomic E-state index is 0.0946. The second-order valence-corrected chi connectivity index (χ2v) is 7.62. The summed E-state index contributed by atoms with van der Waals surface area (Å²) >= 11 is 0.189. The van der Waals surface area contributed by atoms with Crippen molar-refractivity contribution < 1.29 is 19.8 Å². The van der Waals surface area contributed by atoms with Crippen molar-refractivity contribution in [1.29, 1.82) is 0 Å². The van der Waals surface area contributed by atoms with Gasteiger partial charge in [0.25, 0.3) is 0 Å². The zero-order valence-electron chi connectivity index (χ0n) is 5.84. The van der Waals surface area contributed by atoms with Crippen molar-refractivity contribution in [3.05, 3.63) is 22.1 Å². The summed E-state index contributed by atoms with van der Waals surface area (Å²) in [5.74, 6) is -1.93. The van der Waals surface area contributed by atoms with Crippen LogP contribution in [0.2, 0.25) is 0 Å². The molecule has 0 aromatic heterocycles. The van der Waals surface area contributed by atoms with E-state index in [-0.39, 0.29) is 26.3 Å². The summed E-state index contributed by atoms with van der Waals surface area (Å²) in [4.78, 5) is 23.1. The Bertz CT molecular complexity index is 198. The second-order valence-electron chi connectivity index (χ2n) is 1.47. The van der Waals surface area contributed by atoms with E-state index in [1.807, 2.05) is 0 Å². The van der Waals surface area contributed by atoms with Gasteiger partial charge in [0.15, 0.2) is 0 Å². The van der Waals surface area contributed by atoms with Crippen molar-refractivity contribution >= 4 is 38.2 Å². The van der Waals surface area contributed by atoms with Crippen LogP contribution in [0.15, 0.2) is 22.1 Å². The Balaban J connectivity index is 3.45. The first-order valence-corrected chi connectivity index (χ1v) is 9.05. The number of rotatable bonds is 5. The topological polar surface area (TPSA) is 74.6 Å². The molecule has 0 aromatic carbocycles. The molecule has 0 heterocycles. The molecule has 0 unspecified atom stereocenters. The van der Waals surface area contributed by atoms with E-state index in [9.17, 15) is 9.59 Å². The van der Waals surface area contributed by atoms with Crippen molar-refractivity contribution in [1.82, 2.24) is 0 Å². The molecule has 0 bridgehead atoms. The predicted molar refractivity (Wildman–Crippen MR) is 45.1 cm³/mol. The molecule has 0 radical (unpaired) electrons. The number of carbonyl (C=O) groups is 2. The zero-order valence-corrected chi connectivity index (χ0v) is 9.26. The van der Waals surface area contributed by atoms with Gasteiger partial charge >= 0.3 is 80.1 Å². The summed E-state index contributed by atoms with van der Waals surface area (Å²) in [7, 11) is 0. The van der Waals surface area contributed by atoms with Crippen LogP contribution in [-0.2, 0) is 9.59 Å². The molecule has 0 aliphatic carbocycles. The van der Waals surface area contributed by atoms with E-state index in [0.29, 0.717) is 0 Å². The van der Waals surface area contributed by atoms with Crippen LogP contribution in [0.1, 0.15) is 0 Å². The molecule has 4 nitrogen and oxygen atoms in total. The maximum atomic E-state index is 9.96. The number of hydrogen-bond acceptors (Lipinski definition) is 2. The Morgan fingerprint density at radius 1 is 0.917 bits per heavy atom. The van der Waals surface area contributed by atoms with Gasteiger partial charge in [-0.1, -0.05) is 0 Å².